The van der Waals surface area contributed by atoms with Crippen LogP contribution in [0.15, 0.2) is 4.47 Å². The van der Waals surface area contributed by atoms with Gasteiger partial charge in [-0.05, 0) is 36.7 Å². The molecule has 5 nitrogen and oxygen atoms in total. The van der Waals surface area contributed by atoms with Crippen molar-refractivity contribution in [2.45, 2.75) is 26.4 Å². The Labute approximate surface area is 96.7 Å². The highest BCUT2D eigenvalue weighted by atomic mass is 79.9. The predicted octanol–water partition coefficient (Wildman–Crippen LogP) is 1.72. The molecule has 1 aromatic rings. The number of nitrogens with zero attached hydrogens (tertiary/aromatic N) is 2. The molecular weight excluding hydrogens is 262 g/mol. The summed E-state index contributed by atoms with van der Waals surface area (Å²) in [4.78, 5) is 11.7. The van der Waals surface area contributed by atoms with Crippen LogP contribution >= 0.6 is 15.9 Å². The average molecular weight is 276 g/mol. The van der Waals surface area contributed by atoms with Crippen molar-refractivity contribution in [1.29, 1.82) is 0 Å². The van der Waals surface area contributed by atoms with E-state index in [1.807, 2.05) is 0 Å². The molecule has 2 N–H and O–H groups in total. The molecule has 1 rings (SSSR count). The van der Waals surface area contributed by atoms with Crippen LogP contribution in [0.1, 0.15) is 31.3 Å². The van der Waals surface area contributed by atoms with Crippen molar-refractivity contribution < 1.29 is 9.53 Å². The van der Waals surface area contributed by atoms with Gasteiger partial charge < -0.3 is 10.5 Å². The predicted molar refractivity (Wildman–Crippen MR) is 60.5 cm³/mol. The number of rotatable bonds is 1. The van der Waals surface area contributed by atoms with Crippen LogP contribution in [0.2, 0.25) is 0 Å². The molecule has 1 aromatic heterocycles. The molecule has 0 spiro atoms. The lowest BCUT2D eigenvalue weighted by Crippen LogP contribution is -2.24. The van der Waals surface area contributed by atoms with Gasteiger partial charge in [0.25, 0.3) is 0 Å². The van der Waals surface area contributed by atoms with Crippen molar-refractivity contribution in [2.75, 3.05) is 5.73 Å². The summed E-state index contributed by atoms with van der Waals surface area (Å²) in [5, 5.41) is 3.96. The third-order valence-electron chi connectivity index (χ3n) is 1.62. The van der Waals surface area contributed by atoms with Gasteiger partial charge in [0.2, 0.25) is 0 Å². The largest absolute Gasteiger partial charge is 0.455 e. The molecule has 0 atom stereocenters. The van der Waals surface area contributed by atoms with E-state index in [0.717, 1.165) is 0 Å². The minimum absolute atomic E-state index is 0.199. The SMILES string of the molecule is Cn1nc(C(=O)OC(C)(C)C)c(Br)c1N. The molecule has 15 heavy (non-hydrogen) atoms. The minimum atomic E-state index is -0.539. The van der Waals surface area contributed by atoms with Crippen molar-refractivity contribution in [3.8, 4) is 0 Å². The van der Waals surface area contributed by atoms with Crippen LogP contribution in [-0.2, 0) is 11.8 Å². The quantitative estimate of drug-likeness (QED) is 0.793. The summed E-state index contributed by atoms with van der Waals surface area (Å²) >= 11 is 3.20. The zero-order valence-corrected chi connectivity index (χ0v) is 10.8. The maximum absolute atomic E-state index is 11.7. The monoisotopic (exact) mass is 275 g/mol. The van der Waals surface area contributed by atoms with Gasteiger partial charge in [0.05, 0.1) is 4.47 Å². The molecular formula is C9H14BrN3O2. The molecule has 0 bridgehead atoms. The molecule has 0 aliphatic rings. The fourth-order valence-corrected chi connectivity index (χ4v) is 1.47. The van der Waals surface area contributed by atoms with Crippen LogP contribution in [0, 0.1) is 0 Å². The highest BCUT2D eigenvalue weighted by Crippen LogP contribution is 2.24. The highest BCUT2D eigenvalue weighted by Gasteiger charge is 2.24. The van der Waals surface area contributed by atoms with Crippen molar-refractivity contribution in [3.63, 3.8) is 0 Å². The Balaban J connectivity index is 2.98. The maximum Gasteiger partial charge on any atom is 0.360 e. The van der Waals surface area contributed by atoms with E-state index in [0.29, 0.717) is 10.3 Å². The average Bonchev–Trinajstić information content (AvgIpc) is 2.30. The molecule has 84 valence electrons. The van der Waals surface area contributed by atoms with Gasteiger partial charge in [-0.2, -0.15) is 5.10 Å². The third-order valence-corrected chi connectivity index (χ3v) is 2.41. The van der Waals surface area contributed by atoms with E-state index in [2.05, 4.69) is 21.0 Å². The van der Waals surface area contributed by atoms with Crippen LogP contribution in [0.4, 0.5) is 5.82 Å². The van der Waals surface area contributed by atoms with E-state index in [4.69, 9.17) is 10.5 Å². The zero-order chi connectivity index (χ0) is 11.8. The Morgan fingerprint density at radius 1 is 1.53 bits per heavy atom. The van der Waals surface area contributed by atoms with Gasteiger partial charge in [0.15, 0.2) is 5.69 Å². The topological polar surface area (TPSA) is 70.1 Å². The van der Waals surface area contributed by atoms with Gasteiger partial charge in [0.1, 0.15) is 11.4 Å². The van der Waals surface area contributed by atoms with Crippen LogP contribution in [0.25, 0.3) is 0 Å². The van der Waals surface area contributed by atoms with Crippen molar-refractivity contribution in [2.24, 2.45) is 7.05 Å². The lowest BCUT2D eigenvalue weighted by atomic mass is 10.2. The standard InChI is InChI=1S/C9H14BrN3O2/c1-9(2,3)15-8(14)6-5(10)7(11)13(4)12-6/h11H2,1-4H3. The molecule has 6 heteroatoms. The summed E-state index contributed by atoms with van der Waals surface area (Å²) in [6, 6.07) is 0. The number of aromatic nitrogens is 2. The first-order valence-corrected chi connectivity index (χ1v) is 5.23. The smallest absolute Gasteiger partial charge is 0.360 e. The Kier molecular flexibility index (Phi) is 3.08. The van der Waals surface area contributed by atoms with Gasteiger partial charge in [0, 0.05) is 7.05 Å². The Morgan fingerprint density at radius 3 is 2.40 bits per heavy atom. The first-order valence-electron chi connectivity index (χ1n) is 4.43. The molecule has 0 aromatic carbocycles. The van der Waals surface area contributed by atoms with Crippen molar-refractivity contribution >= 4 is 27.7 Å². The second kappa shape index (κ2) is 3.84. The zero-order valence-electron chi connectivity index (χ0n) is 9.17. The van der Waals surface area contributed by atoms with Gasteiger partial charge in [-0.25, -0.2) is 4.79 Å². The molecule has 0 aliphatic carbocycles. The highest BCUT2D eigenvalue weighted by molar-refractivity contribution is 9.10. The van der Waals surface area contributed by atoms with Crippen molar-refractivity contribution in [1.82, 2.24) is 9.78 Å². The number of hydrogen-bond donors (Lipinski definition) is 1. The number of hydrogen-bond acceptors (Lipinski definition) is 4. The molecule has 0 saturated heterocycles. The van der Waals surface area contributed by atoms with Crippen LogP contribution < -0.4 is 5.73 Å². The molecule has 0 radical (unpaired) electrons. The molecule has 0 saturated carbocycles. The Morgan fingerprint density at radius 2 is 2.07 bits per heavy atom. The summed E-state index contributed by atoms with van der Waals surface area (Å²) < 4.78 is 7.06. The number of aryl methyl sites for hydroxylation is 1. The van der Waals surface area contributed by atoms with Gasteiger partial charge >= 0.3 is 5.97 Å². The van der Waals surface area contributed by atoms with Gasteiger partial charge in [-0.15, -0.1) is 0 Å². The minimum Gasteiger partial charge on any atom is -0.455 e. The first-order chi connectivity index (χ1) is 6.72. The number of ether oxygens (including phenoxy) is 1. The van der Waals surface area contributed by atoms with E-state index in [1.165, 1.54) is 4.68 Å². The van der Waals surface area contributed by atoms with Gasteiger partial charge in [-0.3, -0.25) is 4.68 Å². The van der Waals surface area contributed by atoms with Crippen molar-refractivity contribution in [3.05, 3.63) is 10.2 Å². The number of anilines is 1. The first kappa shape index (κ1) is 12.0. The summed E-state index contributed by atoms with van der Waals surface area (Å²) in [5.74, 6) is -0.0856. The molecule has 0 fully saturated rings. The van der Waals surface area contributed by atoms with E-state index < -0.39 is 11.6 Å². The van der Waals surface area contributed by atoms with Crippen LogP contribution in [-0.4, -0.2) is 21.4 Å². The van der Waals surface area contributed by atoms with E-state index in [1.54, 1.807) is 27.8 Å². The molecule has 0 unspecified atom stereocenters. The molecule has 0 amide bonds. The fourth-order valence-electron chi connectivity index (χ4n) is 0.968. The molecule has 1 heterocycles. The number of halogens is 1. The number of nitrogen functional groups attached to an aromatic ring is 1. The third kappa shape index (κ3) is 2.71. The summed E-state index contributed by atoms with van der Waals surface area (Å²) in [7, 11) is 1.66. The normalized spacial score (nSPS) is 11.5. The van der Waals surface area contributed by atoms with Crippen LogP contribution in [0.5, 0.6) is 0 Å². The number of carbonyl (C=O) groups excluding carboxylic acids is 1. The van der Waals surface area contributed by atoms with E-state index >= 15 is 0 Å². The van der Waals surface area contributed by atoms with Crippen LogP contribution in [0.3, 0.4) is 0 Å². The Bertz CT molecular complexity index is 393. The second-order valence-electron chi connectivity index (χ2n) is 4.17. The maximum atomic E-state index is 11.7. The Hall–Kier alpha value is -1.04. The lowest BCUT2D eigenvalue weighted by molar-refractivity contribution is 0.00610. The molecule has 0 aliphatic heterocycles. The fraction of sp³-hybridized carbons (Fsp3) is 0.556. The summed E-state index contributed by atoms with van der Waals surface area (Å²) in [6.07, 6.45) is 0. The second-order valence-corrected chi connectivity index (χ2v) is 4.97. The summed E-state index contributed by atoms with van der Waals surface area (Å²) in [6.45, 7) is 5.39. The number of carbonyl (C=O) groups is 1. The summed E-state index contributed by atoms with van der Waals surface area (Å²) in [5.41, 5.74) is 5.31. The van der Waals surface area contributed by atoms with E-state index in [-0.39, 0.29) is 5.69 Å². The van der Waals surface area contributed by atoms with Gasteiger partial charge in [-0.1, -0.05) is 0 Å². The number of esters is 1. The number of nitrogens with two attached hydrogens (primary N) is 1. The van der Waals surface area contributed by atoms with E-state index in [9.17, 15) is 4.79 Å². The lowest BCUT2D eigenvalue weighted by Gasteiger charge is -2.18.